The first-order valence-corrected chi connectivity index (χ1v) is 12.5. The Morgan fingerprint density at radius 3 is 2.81 bits per heavy atom. The maximum Gasteiger partial charge on any atom is 0.193 e. The van der Waals surface area contributed by atoms with Gasteiger partial charge in [-0.2, -0.15) is 0 Å². The average molecular weight is 570 g/mol. The van der Waals surface area contributed by atoms with Crippen LogP contribution in [0.4, 0.5) is 5.13 Å². The molecule has 1 aromatic heterocycles. The highest BCUT2D eigenvalue weighted by atomic mass is 127. The summed E-state index contributed by atoms with van der Waals surface area (Å²) in [4.78, 5) is 14.5. The summed E-state index contributed by atoms with van der Waals surface area (Å²) in [6.07, 6.45) is 4.64. The van der Waals surface area contributed by atoms with E-state index in [1.807, 2.05) is 6.07 Å². The lowest BCUT2D eigenvalue weighted by atomic mass is 10.1. The molecular weight excluding hydrogens is 533 g/mol. The maximum absolute atomic E-state index is 5.98. The molecule has 4 rings (SSSR count). The smallest absolute Gasteiger partial charge is 0.193 e. The molecule has 176 valence electrons. The number of guanidine groups is 1. The standard InChI is InChI=1S/C24H35N5OS.HI/c1-2-25-23(26-12-10-22-19-31-24(27-22)28-13-6-7-14-28)29-15-11-21(16-29)18-30-17-20-8-4-3-5-9-20;/h3-5,8-9,19,21H,2,6-7,10-18H2,1H3,(H,25,26);1H. The van der Waals surface area contributed by atoms with E-state index >= 15 is 0 Å². The number of aromatic nitrogens is 1. The van der Waals surface area contributed by atoms with E-state index in [9.17, 15) is 0 Å². The highest BCUT2D eigenvalue weighted by Gasteiger charge is 2.25. The van der Waals surface area contributed by atoms with Crippen molar-refractivity contribution >= 4 is 46.4 Å². The Morgan fingerprint density at radius 1 is 1.22 bits per heavy atom. The quantitative estimate of drug-likeness (QED) is 0.276. The molecule has 6 nitrogen and oxygen atoms in total. The van der Waals surface area contributed by atoms with Crippen LogP contribution in [0.1, 0.15) is 37.4 Å². The van der Waals surface area contributed by atoms with Crippen LogP contribution < -0.4 is 10.2 Å². The van der Waals surface area contributed by atoms with Crippen molar-refractivity contribution < 1.29 is 4.74 Å². The third-order valence-electron chi connectivity index (χ3n) is 5.93. The van der Waals surface area contributed by atoms with Gasteiger partial charge in [0.05, 0.1) is 18.9 Å². The summed E-state index contributed by atoms with van der Waals surface area (Å²) in [6, 6.07) is 10.4. The minimum absolute atomic E-state index is 0. The van der Waals surface area contributed by atoms with Gasteiger partial charge in [0, 0.05) is 57.0 Å². The number of benzene rings is 1. The molecule has 2 aliphatic heterocycles. The molecule has 8 heteroatoms. The van der Waals surface area contributed by atoms with Crippen LogP contribution in [0.3, 0.4) is 0 Å². The Balaban J connectivity index is 0.00000289. The van der Waals surface area contributed by atoms with Gasteiger partial charge in [-0.05, 0) is 31.7 Å². The Hall–Kier alpha value is -1.39. The van der Waals surface area contributed by atoms with Crippen molar-refractivity contribution in [1.82, 2.24) is 15.2 Å². The molecule has 2 aliphatic rings. The Bertz CT molecular complexity index is 825. The van der Waals surface area contributed by atoms with E-state index < -0.39 is 0 Å². The molecule has 1 atom stereocenters. The van der Waals surface area contributed by atoms with E-state index in [1.54, 1.807) is 11.3 Å². The van der Waals surface area contributed by atoms with Gasteiger partial charge in [-0.25, -0.2) is 4.98 Å². The molecule has 3 heterocycles. The summed E-state index contributed by atoms with van der Waals surface area (Å²) in [7, 11) is 0. The van der Waals surface area contributed by atoms with E-state index in [1.165, 1.54) is 29.2 Å². The topological polar surface area (TPSA) is 53.0 Å². The molecule has 0 spiro atoms. The van der Waals surface area contributed by atoms with Crippen molar-refractivity contribution in [3.8, 4) is 0 Å². The molecule has 0 bridgehead atoms. The lowest BCUT2D eigenvalue weighted by Gasteiger charge is -2.21. The third-order valence-corrected chi connectivity index (χ3v) is 6.88. The largest absolute Gasteiger partial charge is 0.376 e. The molecule has 0 radical (unpaired) electrons. The molecule has 2 aromatic rings. The van der Waals surface area contributed by atoms with Gasteiger partial charge in [-0.1, -0.05) is 30.3 Å². The molecule has 0 aliphatic carbocycles. The average Bonchev–Trinajstić information content (AvgIpc) is 3.55. The van der Waals surface area contributed by atoms with E-state index in [0.29, 0.717) is 12.5 Å². The second-order valence-corrected chi connectivity index (χ2v) is 9.24. The predicted octanol–water partition coefficient (Wildman–Crippen LogP) is 4.41. The second kappa shape index (κ2) is 13.3. The van der Waals surface area contributed by atoms with Crippen LogP contribution >= 0.6 is 35.3 Å². The molecule has 0 amide bonds. The summed E-state index contributed by atoms with van der Waals surface area (Å²) in [6.45, 7) is 9.66. The van der Waals surface area contributed by atoms with Crippen LogP contribution in [0.5, 0.6) is 0 Å². The van der Waals surface area contributed by atoms with Gasteiger partial charge in [-0.3, -0.25) is 4.99 Å². The van der Waals surface area contributed by atoms with E-state index in [2.05, 4.69) is 51.7 Å². The molecule has 32 heavy (non-hydrogen) atoms. The van der Waals surface area contributed by atoms with Gasteiger partial charge < -0.3 is 19.9 Å². The number of aliphatic imine (C=N–C) groups is 1. The number of ether oxygens (including phenoxy) is 1. The number of anilines is 1. The summed E-state index contributed by atoms with van der Waals surface area (Å²) in [5, 5.41) is 6.85. The fraction of sp³-hybridized carbons (Fsp3) is 0.583. The molecule has 2 saturated heterocycles. The van der Waals surface area contributed by atoms with Gasteiger partial charge >= 0.3 is 0 Å². The Kier molecular flexibility index (Phi) is 10.5. The molecule has 2 fully saturated rings. The molecule has 1 aromatic carbocycles. The van der Waals surface area contributed by atoms with Gasteiger partial charge in [-0.15, -0.1) is 35.3 Å². The zero-order chi connectivity index (χ0) is 21.3. The van der Waals surface area contributed by atoms with Crippen molar-refractivity contribution in [2.45, 2.75) is 39.2 Å². The van der Waals surface area contributed by atoms with Crippen LogP contribution in [0.2, 0.25) is 0 Å². The van der Waals surface area contributed by atoms with E-state index in [0.717, 1.165) is 64.7 Å². The number of halogens is 1. The predicted molar refractivity (Wildman–Crippen MR) is 144 cm³/mol. The van der Waals surface area contributed by atoms with Crippen LogP contribution in [-0.2, 0) is 17.8 Å². The van der Waals surface area contributed by atoms with Gasteiger partial charge in [0.15, 0.2) is 11.1 Å². The lowest BCUT2D eigenvalue weighted by Crippen LogP contribution is -2.40. The zero-order valence-electron chi connectivity index (χ0n) is 19.0. The van der Waals surface area contributed by atoms with E-state index in [4.69, 9.17) is 14.7 Å². The van der Waals surface area contributed by atoms with Crippen molar-refractivity contribution in [1.29, 1.82) is 0 Å². The highest BCUT2D eigenvalue weighted by molar-refractivity contribution is 14.0. The number of hydrogen-bond donors (Lipinski definition) is 1. The number of nitrogens with one attached hydrogen (secondary N) is 1. The van der Waals surface area contributed by atoms with Crippen molar-refractivity contribution in [3.05, 3.63) is 47.0 Å². The summed E-state index contributed by atoms with van der Waals surface area (Å²) in [5.41, 5.74) is 2.40. The van der Waals surface area contributed by atoms with Crippen LogP contribution in [0, 0.1) is 5.92 Å². The normalized spacial score (nSPS) is 18.8. The number of likely N-dealkylation sites (tertiary alicyclic amines) is 1. The number of nitrogens with zero attached hydrogens (tertiary/aromatic N) is 4. The van der Waals surface area contributed by atoms with Gasteiger partial charge in [0.25, 0.3) is 0 Å². The lowest BCUT2D eigenvalue weighted by molar-refractivity contribution is 0.0907. The monoisotopic (exact) mass is 569 g/mol. The SMILES string of the molecule is CCNC(=NCCc1csc(N2CCCC2)n1)N1CCC(COCc2ccccc2)C1.I. The number of thiazole rings is 1. The number of hydrogen-bond acceptors (Lipinski definition) is 5. The Morgan fingerprint density at radius 2 is 2.03 bits per heavy atom. The van der Waals surface area contributed by atoms with Gasteiger partial charge in [0.1, 0.15) is 0 Å². The molecular formula is C24H36IN5OS. The fourth-order valence-corrected chi connectivity index (χ4v) is 5.16. The van der Waals surface area contributed by atoms with Crippen LogP contribution in [0.25, 0.3) is 0 Å². The molecule has 0 saturated carbocycles. The maximum atomic E-state index is 5.98. The minimum Gasteiger partial charge on any atom is -0.376 e. The minimum atomic E-state index is 0. The van der Waals surface area contributed by atoms with E-state index in [-0.39, 0.29) is 24.0 Å². The highest BCUT2D eigenvalue weighted by Crippen LogP contribution is 2.24. The number of rotatable bonds is 9. The van der Waals surface area contributed by atoms with Crippen LogP contribution in [0.15, 0.2) is 40.7 Å². The second-order valence-electron chi connectivity index (χ2n) is 8.40. The first-order valence-electron chi connectivity index (χ1n) is 11.7. The summed E-state index contributed by atoms with van der Waals surface area (Å²) >= 11 is 1.77. The third kappa shape index (κ3) is 7.31. The molecule has 1 N–H and O–H groups in total. The first kappa shape index (κ1) is 25.2. The van der Waals surface area contributed by atoms with Crippen LogP contribution in [-0.4, -0.2) is 61.7 Å². The Labute approximate surface area is 213 Å². The fourth-order valence-electron chi connectivity index (χ4n) is 4.25. The summed E-state index contributed by atoms with van der Waals surface area (Å²) in [5.74, 6) is 1.59. The first-order chi connectivity index (χ1) is 15.3. The van der Waals surface area contributed by atoms with Crippen molar-refractivity contribution in [3.63, 3.8) is 0 Å². The van der Waals surface area contributed by atoms with Crippen molar-refractivity contribution in [2.75, 3.05) is 50.8 Å². The van der Waals surface area contributed by atoms with Gasteiger partial charge in [0.2, 0.25) is 0 Å². The van der Waals surface area contributed by atoms with Crippen molar-refractivity contribution in [2.24, 2.45) is 10.9 Å². The molecule has 1 unspecified atom stereocenters. The zero-order valence-corrected chi connectivity index (χ0v) is 22.2. The summed E-state index contributed by atoms with van der Waals surface area (Å²) < 4.78 is 5.98.